The van der Waals surface area contributed by atoms with Gasteiger partial charge in [0.2, 0.25) is 0 Å². The zero-order valence-corrected chi connectivity index (χ0v) is 14.3. The van der Waals surface area contributed by atoms with E-state index < -0.39 is 0 Å². The highest BCUT2D eigenvalue weighted by Crippen LogP contribution is 2.43. The fraction of sp³-hybridized carbons (Fsp3) is 0.294. The minimum absolute atomic E-state index is 0.243. The molecule has 1 unspecified atom stereocenters. The van der Waals surface area contributed by atoms with E-state index in [1.807, 2.05) is 43.5 Å². The molecule has 2 aliphatic heterocycles. The number of carbonyl (C=O) groups excluding carboxylic acids is 1. The van der Waals surface area contributed by atoms with Crippen LogP contribution in [0.2, 0.25) is 0 Å². The van der Waals surface area contributed by atoms with Gasteiger partial charge in [-0.2, -0.15) is 0 Å². The van der Waals surface area contributed by atoms with Gasteiger partial charge in [-0.1, -0.05) is 23.9 Å². The summed E-state index contributed by atoms with van der Waals surface area (Å²) in [5, 5.41) is 2.93. The minimum atomic E-state index is -0.351. The number of hydrogen-bond donors (Lipinski definition) is 0. The van der Waals surface area contributed by atoms with E-state index in [1.54, 1.807) is 18.9 Å². The van der Waals surface area contributed by atoms with Crippen LogP contribution >= 0.6 is 11.8 Å². The molecule has 0 amide bonds. The molecule has 1 aromatic carbocycles. The number of thioether (sulfide) groups is 1. The molecule has 0 aromatic heterocycles. The van der Waals surface area contributed by atoms with Crippen LogP contribution in [0.4, 0.5) is 0 Å². The fourth-order valence-electron chi connectivity index (χ4n) is 2.80. The smallest absolute Gasteiger partial charge is 0.338 e. The van der Waals surface area contributed by atoms with Crippen LogP contribution in [0.5, 0.6) is 5.75 Å². The number of amidine groups is 1. The van der Waals surface area contributed by atoms with E-state index >= 15 is 0 Å². The third-order valence-electron chi connectivity index (χ3n) is 3.94. The van der Waals surface area contributed by atoms with E-state index in [-0.39, 0.29) is 12.0 Å². The molecule has 2 heterocycles. The van der Waals surface area contributed by atoms with Gasteiger partial charge in [-0.15, -0.1) is 0 Å². The molecule has 0 aliphatic carbocycles. The molecule has 5 nitrogen and oxygen atoms in total. The summed E-state index contributed by atoms with van der Waals surface area (Å²) >= 11 is 1.57. The monoisotopic (exact) mass is 330 g/mol. The first-order valence-electron chi connectivity index (χ1n) is 7.21. The van der Waals surface area contributed by atoms with Crippen LogP contribution in [0.3, 0.4) is 0 Å². The van der Waals surface area contributed by atoms with Crippen molar-refractivity contribution >= 4 is 22.9 Å². The average molecular weight is 330 g/mol. The van der Waals surface area contributed by atoms with Crippen molar-refractivity contribution < 1.29 is 14.3 Å². The number of hydrogen-bond acceptors (Lipinski definition) is 6. The highest BCUT2D eigenvalue weighted by atomic mass is 32.2. The van der Waals surface area contributed by atoms with E-state index in [0.717, 1.165) is 22.2 Å². The Hall–Kier alpha value is -2.21. The van der Waals surface area contributed by atoms with E-state index in [0.29, 0.717) is 11.3 Å². The van der Waals surface area contributed by atoms with Gasteiger partial charge in [0, 0.05) is 5.70 Å². The maximum absolute atomic E-state index is 12.4. The molecule has 0 bridgehead atoms. The number of carbonyl (C=O) groups is 1. The van der Waals surface area contributed by atoms with Crippen molar-refractivity contribution in [1.82, 2.24) is 4.90 Å². The summed E-state index contributed by atoms with van der Waals surface area (Å²) in [6, 6.07) is 7.49. The lowest BCUT2D eigenvalue weighted by Crippen LogP contribution is -2.35. The molecule has 120 valence electrons. The number of aliphatic imine (C=N–C) groups is 1. The summed E-state index contributed by atoms with van der Waals surface area (Å²) in [5.41, 5.74) is 3.31. The standard InChI is InChI=1S/C17H18N2O3S/c1-10-9-23-17-18-11(2)14(16(20)22-4)15(19(10)17)12-5-7-13(21-3)8-6-12/h5-9,15H,1-4H3. The second-order valence-electron chi connectivity index (χ2n) is 5.31. The lowest BCUT2D eigenvalue weighted by Gasteiger charge is -2.35. The predicted molar refractivity (Wildman–Crippen MR) is 91.1 cm³/mol. The molecular weight excluding hydrogens is 312 g/mol. The number of rotatable bonds is 3. The fourth-order valence-corrected chi connectivity index (χ4v) is 3.74. The molecular formula is C17H18N2O3S. The maximum atomic E-state index is 12.4. The van der Waals surface area contributed by atoms with Gasteiger partial charge in [-0.25, -0.2) is 9.79 Å². The quantitative estimate of drug-likeness (QED) is 0.794. The van der Waals surface area contributed by atoms with E-state index in [9.17, 15) is 4.79 Å². The second-order valence-corrected chi connectivity index (χ2v) is 6.14. The van der Waals surface area contributed by atoms with Crippen LogP contribution in [-0.2, 0) is 9.53 Å². The summed E-state index contributed by atoms with van der Waals surface area (Å²) in [5.74, 6) is 0.428. The van der Waals surface area contributed by atoms with Crippen LogP contribution in [-0.4, -0.2) is 30.3 Å². The number of benzene rings is 1. The normalized spacial score (nSPS) is 20.0. The number of fused-ring (bicyclic) bond motifs is 1. The van der Waals surface area contributed by atoms with Crippen LogP contribution < -0.4 is 4.74 Å². The Balaban J connectivity index is 2.13. The Morgan fingerprint density at radius 3 is 2.52 bits per heavy atom. The summed E-state index contributed by atoms with van der Waals surface area (Å²) in [6.45, 7) is 3.86. The lowest BCUT2D eigenvalue weighted by atomic mass is 9.94. The number of allylic oxidation sites excluding steroid dienone is 2. The molecule has 0 saturated heterocycles. The van der Waals surface area contributed by atoms with Crippen molar-refractivity contribution in [3.63, 3.8) is 0 Å². The van der Waals surface area contributed by atoms with Crippen molar-refractivity contribution in [3.05, 3.63) is 52.2 Å². The largest absolute Gasteiger partial charge is 0.497 e. The van der Waals surface area contributed by atoms with Crippen molar-refractivity contribution in [2.24, 2.45) is 4.99 Å². The van der Waals surface area contributed by atoms with Gasteiger partial charge in [0.1, 0.15) is 5.75 Å². The zero-order valence-electron chi connectivity index (χ0n) is 13.5. The van der Waals surface area contributed by atoms with Gasteiger partial charge < -0.3 is 14.4 Å². The summed E-state index contributed by atoms with van der Waals surface area (Å²) in [6.07, 6.45) is 0. The Morgan fingerprint density at radius 1 is 1.22 bits per heavy atom. The van der Waals surface area contributed by atoms with Gasteiger partial charge >= 0.3 is 5.97 Å². The molecule has 0 spiro atoms. The highest BCUT2D eigenvalue weighted by molar-refractivity contribution is 8.16. The molecule has 23 heavy (non-hydrogen) atoms. The number of nitrogens with zero attached hydrogens (tertiary/aromatic N) is 2. The maximum Gasteiger partial charge on any atom is 0.338 e. The summed E-state index contributed by atoms with van der Waals surface area (Å²) in [4.78, 5) is 19.0. The molecule has 0 saturated carbocycles. The Kier molecular flexibility index (Phi) is 4.17. The van der Waals surface area contributed by atoms with Gasteiger partial charge in [0.25, 0.3) is 0 Å². The SMILES string of the molecule is COC(=O)C1=C(C)N=C2SC=C(C)N2C1c1ccc(OC)cc1. The Labute approximate surface area is 139 Å². The topological polar surface area (TPSA) is 51.1 Å². The molecule has 1 aromatic rings. The zero-order chi connectivity index (χ0) is 16.6. The highest BCUT2D eigenvalue weighted by Gasteiger charge is 2.39. The molecule has 3 rings (SSSR count). The third kappa shape index (κ3) is 2.63. The number of methoxy groups -OCH3 is 2. The van der Waals surface area contributed by atoms with Crippen molar-refractivity contribution in [3.8, 4) is 5.75 Å². The van der Waals surface area contributed by atoms with Gasteiger partial charge in [-0.3, -0.25) is 0 Å². The first kappa shape index (κ1) is 15.7. The van der Waals surface area contributed by atoms with Crippen LogP contribution in [0.1, 0.15) is 25.5 Å². The van der Waals surface area contributed by atoms with Crippen LogP contribution in [0, 0.1) is 0 Å². The minimum Gasteiger partial charge on any atom is -0.497 e. The van der Waals surface area contributed by atoms with Gasteiger partial charge in [-0.05, 0) is 37.0 Å². The average Bonchev–Trinajstić information content (AvgIpc) is 2.93. The molecule has 0 N–H and O–H groups in total. The Morgan fingerprint density at radius 2 is 1.91 bits per heavy atom. The molecule has 1 atom stereocenters. The van der Waals surface area contributed by atoms with Crippen molar-refractivity contribution in [1.29, 1.82) is 0 Å². The Bertz CT molecular complexity index is 735. The second kappa shape index (κ2) is 6.12. The number of ether oxygens (including phenoxy) is 2. The molecule has 0 radical (unpaired) electrons. The molecule has 6 heteroatoms. The van der Waals surface area contributed by atoms with E-state index in [4.69, 9.17) is 9.47 Å². The molecule has 2 aliphatic rings. The van der Waals surface area contributed by atoms with Crippen molar-refractivity contribution in [2.45, 2.75) is 19.9 Å². The summed E-state index contributed by atoms with van der Waals surface area (Å²) in [7, 11) is 3.03. The third-order valence-corrected chi connectivity index (χ3v) is 4.90. The van der Waals surface area contributed by atoms with Crippen molar-refractivity contribution in [2.75, 3.05) is 14.2 Å². The van der Waals surface area contributed by atoms with Gasteiger partial charge in [0.05, 0.1) is 31.5 Å². The number of esters is 1. The van der Waals surface area contributed by atoms with E-state index in [1.165, 1.54) is 7.11 Å². The van der Waals surface area contributed by atoms with Crippen LogP contribution in [0.25, 0.3) is 0 Å². The first-order valence-corrected chi connectivity index (χ1v) is 8.09. The van der Waals surface area contributed by atoms with E-state index in [2.05, 4.69) is 9.89 Å². The molecule has 0 fully saturated rings. The van der Waals surface area contributed by atoms with Crippen LogP contribution in [0.15, 0.2) is 51.6 Å². The predicted octanol–water partition coefficient (Wildman–Crippen LogP) is 3.46. The first-order chi connectivity index (χ1) is 11.1. The lowest BCUT2D eigenvalue weighted by molar-refractivity contribution is -0.136. The van der Waals surface area contributed by atoms with Gasteiger partial charge in [0.15, 0.2) is 5.17 Å². The summed E-state index contributed by atoms with van der Waals surface area (Å²) < 4.78 is 10.2.